The number of nitrogens with zero attached hydrogens (tertiary/aromatic N) is 3. The molecule has 1 fully saturated rings. The van der Waals surface area contributed by atoms with E-state index < -0.39 is 0 Å². The van der Waals surface area contributed by atoms with Gasteiger partial charge < -0.3 is 0 Å². The molecule has 23 heavy (non-hydrogen) atoms. The maximum absolute atomic E-state index is 13.8. The van der Waals surface area contributed by atoms with Crippen molar-refractivity contribution in [3.05, 3.63) is 71.8 Å². The molecule has 0 amide bonds. The topological polar surface area (TPSA) is 30.7 Å². The maximum atomic E-state index is 13.8. The van der Waals surface area contributed by atoms with Crippen molar-refractivity contribution in [3.8, 4) is 5.69 Å². The lowest BCUT2D eigenvalue weighted by atomic mass is 10.2. The molecule has 0 radical (unpaired) electrons. The number of aromatic nitrogens is 3. The Bertz CT molecular complexity index is 812. The van der Waals surface area contributed by atoms with Gasteiger partial charge in [0.1, 0.15) is 11.6 Å². The highest BCUT2D eigenvalue weighted by molar-refractivity contribution is 7.98. The number of rotatable bonds is 5. The number of hydrogen-bond acceptors (Lipinski definition) is 3. The summed E-state index contributed by atoms with van der Waals surface area (Å²) in [5.74, 6) is 1.90. The average molecular weight is 325 g/mol. The molecule has 0 spiro atoms. The molecule has 1 aromatic heterocycles. The van der Waals surface area contributed by atoms with Gasteiger partial charge in [0.25, 0.3) is 0 Å². The van der Waals surface area contributed by atoms with Gasteiger partial charge in [-0.3, -0.25) is 4.57 Å². The Kier molecular flexibility index (Phi) is 3.87. The van der Waals surface area contributed by atoms with Crippen LogP contribution in [-0.2, 0) is 5.75 Å². The first-order valence-corrected chi connectivity index (χ1v) is 8.68. The zero-order chi connectivity index (χ0) is 15.6. The van der Waals surface area contributed by atoms with Crippen LogP contribution in [0.2, 0.25) is 0 Å². The van der Waals surface area contributed by atoms with Gasteiger partial charge in [-0.05, 0) is 36.6 Å². The minimum atomic E-state index is -0.173. The van der Waals surface area contributed by atoms with E-state index in [0.717, 1.165) is 16.7 Å². The van der Waals surface area contributed by atoms with Crippen molar-refractivity contribution in [3.63, 3.8) is 0 Å². The standard InChI is InChI=1S/C18H16FN3S/c19-16-9-5-4-6-14(16)12-23-18-21-20-17(13-10-11-13)22(18)15-7-2-1-3-8-15/h1-9,13H,10-12H2. The van der Waals surface area contributed by atoms with Gasteiger partial charge in [-0.1, -0.05) is 48.2 Å². The van der Waals surface area contributed by atoms with Crippen LogP contribution < -0.4 is 0 Å². The second-order valence-electron chi connectivity index (χ2n) is 5.67. The summed E-state index contributed by atoms with van der Waals surface area (Å²) in [6.07, 6.45) is 2.34. The molecule has 3 aromatic rings. The monoisotopic (exact) mass is 325 g/mol. The number of hydrogen-bond donors (Lipinski definition) is 0. The van der Waals surface area contributed by atoms with Crippen molar-refractivity contribution in [1.82, 2.24) is 14.8 Å². The highest BCUT2D eigenvalue weighted by atomic mass is 32.2. The van der Waals surface area contributed by atoms with Crippen molar-refractivity contribution >= 4 is 11.8 Å². The van der Waals surface area contributed by atoms with Gasteiger partial charge in [0.2, 0.25) is 0 Å². The van der Waals surface area contributed by atoms with Crippen molar-refractivity contribution < 1.29 is 4.39 Å². The largest absolute Gasteiger partial charge is 0.274 e. The summed E-state index contributed by atoms with van der Waals surface area (Å²) in [6, 6.07) is 17.0. The Balaban J connectivity index is 1.65. The summed E-state index contributed by atoms with van der Waals surface area (Å²) in [5, 5.41) is 9.56. The Hall–Kier alpha value is -2.14. The molecule has 1 saturated carbocycles. The van der Waals surface area contributed by atoms with E-state index >= 15 is 0 Å². The van der Waals surface area contributed by atoms with Crippen molar-refractivity contribution in [2.24, 2.45) is 0 Å². The summed E-state index contributed by atoms with van der Waals surface area (Å²) in [4.78, 5) is 0. The van der Waals surface area contributed by atoms with Crippen LogP contribution in [0.1, 0.15) is 30.1 Å². The smallest absolute Gasteiger partial charge is 0.196 e. The van der Waals surface area contributed by atoms with Crippen LogP contribution in [0, 0.1) is 5.82 Å². The van der Waals surface area contributed by atoms with E-state index in [1.165, 1.54) is 30.7 Å². The van der Waals surface area contributed by atoms with Gasteiger partial charge >= 0.3 is 0 Å². The zero-order valence-electron chi connectivity index (χ0n) is 12.5. The van der Waals surface area contributed by atoms with E-state index in [1.807, 2.05) is 30.3 Å². The van der Waals surface area contributed by atoms with Gasteiger partial charge in [0.05, 0.1) is 0 Å². The molecule has 0 N–H and O–H groups in total. The third kappa shape index (κ3) is 3.01. The molecule has 2 aromatic carbocycles. The van der Waals surface area contributed by atoms with E-state index in [4.69, 9.17) is 0 Å². The van der Waals surface area contributed by atoms with Crippen LogP contribution in [0.15, 0.2) is 59.8 Å². The van der Waals surface area contributed by atoms with Crippen molar-refractivity contribution in [2.75, 3.05) is 0 Å². The van der Waals surface area contributed by atoms with Crippen molar-refractivity contribution in [2.45, 2.75) is 29.7 Å². The highest BCUT2D eigenvalue weighted by Crippen LogP contribution is 2.41. The molecule has 0 unspecified atom stereocenters. The predicted molar refractivity (Wildman–Crippen MR) is 89.3 cm³/mol. The van der Waals surface area contributed by atoms with Gasteiger partial charge in [0.15, 0.2) is 5.16 Å². The summed E-state index contributed by atoms with van der Waals surface area (Å²) < 4.78 is 15.9. The fourth-order valence-corrected chi connectivity index (χ4v) is 3.50. The maximum Gasteiger partial charge on any atom is 0.196 e. The molecule has 3 nitrogen and oxygen atoms in total. The lowest BCUT2D eigenvalue weighted by molar-refractivity contribution is 0.617. The van der Waals surface area contributed by atoms with Crippen LogP contribution in [0.4, 0.5) is 4.39 Å². The number of benzene rings is 2. The van der Waals surface area contributed by atoms with Gasteiger partial charge in [0, 0.05) is 17.4 Å². The molecule has 116 valence electrons. The van der Waals surface area contributed by atoms with Gasteiger partial charge in [-0.2, -0.15) is 0 Å². The molecule has 0 bridgehead atoms. The van der Waals surface area contributed by atoms with E-state index in [-0.39, 0.29) is 5.82 Å². The van der Waals surface area contributed by atoms with Crippen LogP contribution in [0.3, 0.4) is 0 Å². The molecule has 0 aliphatic heterocycles. The molecule has 1 aliphatic rings. The van der Waals surface area contributed by atoms with Crippen LogP contribution >= 0.6 is 11.8 Å². The molecule has 0 atom stereocenters. The third-order valence-electron chi connectivity index (χ3n) is 3.93. The second kappa shape index (κ2) is 6.16. The zero-order valence-corrected chi connectivity index (χ0v) is 13.3. The first-order valence-electron chi connectivity index (χ1n) is 7.70. The SMILES string of the molecule is Fc1ccccc1CSc1nnc(C2CC2)n1-c1ccccc1. The first-order chi connectivity index (χ1) is 11.3. The minimum absolute atomic E-state index is 0.173. The molecule has 1 aliphatic carbocycles. The molecule has 5 heteroatoms. The molecule has 0 saturated heterocycles. The third-order valence-corrected chi connectivity index (χ3v) is 4.91. The fraction of sp³-hybridized carbons (Fsp3) is 0.222. The van der Waals surface area contributed by atoms with Crippen LogP contribution in [0.25, 0.3) is 5.69 Å². The fourth-order valence-electron chi connectivity index (χ4n) is 2.56. The Morgan fingerprint density at radius 2 is 1.74 bits per heavy atom. The van der Waals surface area contributed by atoms with E-state index in [2.05, 4.69) is 26.9 Å². The second-order valence-corrected chi connectivity index (χ2v) is 6.61. The summed E-state index contributed by atoms with van der Waals surface area (Å²) in [6.45, 7) is 0. The average Bonchev–Trinajstić information content (AvgIpc) is 3.35. The molecular weight excluding hydrogens is 309 g/mol. The Morgan fingerprint density at radius 1 is 1.00 bits per heavy atom. The van der Waals surface area contributed by atoms with Crippen LogP contribution in [0.5, 0.6) is 0 Å². The van der Waals surface area contributed by atoms with E-state index in [9.17, 15) is 4.39 Å². The van der Waals surface area contributed by atoms with Crippen molar-refractivity contribution in [1.29, 1.82) is 0 Å². The lowest BCUT2D eigenvalue weighted by Crippen LogP contribution is -2.01. The number of thioether (sulfide) groups is 1. The van der Waals surface area contributed by atoms with Crippen LogP contribution in [-0.4, -0.2) is 14.8 Å². The number of halogens is 1. The molecule has 1 heterocycles. The van der Waals surface area contributed by atoms with E-state index in [1.54, 1.807) is 6.07 Å². The molecular formula is C18H16FN3S. The Labute approximate surface area is 138 Å². The summed E-state index contributed by atoms with van der Waals surface area (Å²) in [7, 11) is 0. The minimum Gasteiger partial charge on any atom is -0.274 e. The normalized spacial score (nSPS) is 14.1. The Morgan fingerprint density at radius 3 is 2.48 bits per heavy atom. The lowest BCUT2D eigenvalue weighted by Gasteiger charge is -2.10. The number of para-hydroxylation sites is 1. The molecule has 4 rings (SSSR count). The van der Waals surface area contributed by atoms with E-state index in [0.29, 0.717) is 17.2 Å². The quantitative estimate of drug-likeness (QED) is 0.644. The highest BCUT2D eigenvalue weighted by Gasteiger charge is 2.31. The van der Waals surface area contributed by atoms with Gasteiger partial charge in [-0.25, -0.2) is 4.39 Å². The van der Waals surface area contributed by atoms with Gasteiger partial charge in [-0.15, -0.1) is 10.2 Å². The predicted octanol–water partition coefficient (Wildman–Crippen LogP) is 4.58. The summed E-state index contributed by atoms with van der Waals surface area (Å²) >= 11 is 1.52. The summed E-state index contributed by atoms with van der Waals surface area (Å²) in [5.41, 5.74) is 1.75. The first kappa shape index (κ1) is 14.5.